The molecule has 182 valence electrons. The molecule has 2 fully saturated rings. The number of benzene rings is 1. The van der Waals surface area contributed by atoms with Crippen LogP contribution in [0.4, 0.5) is 14.6 Å². The van der Waals surface area contributed by atoms with Crippen LogP contribution in [0.5, 0.6) is 5.75 Å². The Morgan fingerprint density at radius 3 is 2.62 bits per heavy atom. The Morgan fingerprint density at radius 1 is 1.15 bits per heavy atom. The molecule has 2 atom stereocenters. The summed E-state index contributed by atoms with van der Waals surface area (Å²) in [6, 6.07) is 3.07. The maximum absolute atomic E-state index is 15.4. The maximum Gasteiger partial charge on any atom is 0.261 e. The van der Waals surface area contributed by atoms with Crippen molar-refractivity contribution in [3.05, 3.63) is 29.3 Å². The second-order valence-corrected chi connectivity index (χ2v) is 9.00. The zero-order chi connectivity index (χ0) is 23.8. The van der Waals surface area contributed by atoms with Crippen LogP contribution in [0.1, 0.15) is 30.7 Å². The van der Waals surface area contributed by atoms with Crippen molar-refractivity contribution >= 4 is 16.7 Å². The Morgan fingerprint density at radius 2 is 1.94 bits per heavy atom. The standard InChI is InChI=1S/C24H29F2N5O3/c1-13-17-10-16(32-3)11-18(25)22(17)29-23(21(13)24-27-14(2)30-34-24)31-7-4-20(19(26)12-31)28-15-5-8-33-9-6-15/h10-11,15,19-20,28H,4-9,12H2,1-3H3. The smallest absolute Gasteiger partial charge is 0.261 e. The normalized spacial score (nSPS) is 21.9. The molecule has 5 rings (SSSR count). The van der Waals surface area contributed by atoms with Gasteiger partial charge in [0.05, 0.1) is 19.2 Å². The van der Waals surface area contributed by atoms with Crippen molar-refractivity contribution in [2.75, 3.05) is 38.3 Å². The van der Waals surface area contributed by atoms with E-state index in [9.17, 15) is 4.39 Å². The van der Waals surface area contributed by atoms with Gasteiger partial charge in [-0.05, 0) is 44.7 Å². The highest BCUT2D eigenvalue weighted by Crippen LogP contribution is 2.39. The van der Waals surface area contributed by atoms with Crippen LogP contribution >= 0.6 is 0 Å². The third kappa shape index (κ3) is 4.32. The summed E-state index contributed by atoms with van der Waals surface area (Å²) in [5, 5.41) is 7.98. The molecule has 3 aromatic rings. The van der Waals surface area contributed by atoms with Crippen LogP contribution in [0.2, 0.25) is 0 Å². The maximum atomic E-state index is 15.4. The fourth-order valence-electron chi connectivity index (χ4n) is 4.89. The van der Waals surface area contributed by atoms with Gasteiger partial charge in [0.2, 0.25) is 0 Å². The Hall–Kier alpha value is -2.85. The van der Waals surface area contributed by atoms with Gasteiger partial charge in [0.15, 0.2) is 11.6 Å². The number of aryl methyl sites for hydroxylation is 2. The number of methoxy groups -OCH3 is 1. The Balaban J connectivity index is 1.51. The molecule has 0 radical (unpaired) electrons. The van der Waals surface area contributed by atoms with Gasteiger partial charge in [-0.2, -0.15) is 4.98 Å². The van der Waals surface area contributed by atoms with Crippen molar-refractivity contribution < 1.29 is 22.8 Å². The van der Waals surface area contributed by atoms with Gasteiger partial charge in [0.1, 0.15) is 23.3 Å². The van der Waals surface area contributed by atoms with Gasteiger partial charge in [-0.3, -0.25) is 0 Å². The summed E-state index contributed by atoms with van der Waals surface area (Å²) in [6.07, 6.45) is 1.28. The second kappa shape index (κ2) is 9.42. The molecule has 2 saturated heterocycles. The van der Waals surface area contributed by atoms with E-state index in [1.807, 2.05) is 11.8 Å². The van der Waals surface area contributed by atoms with E-state index in [1.54, 1.807) is 13.0 Å². The summed E-state index contributed by atoms with van der Waals surface area (Å²) in [5.74, 6) is 1.09. The van der Waals surface area contributed by atoms with Crippen LogP contribution in [0.15, 0.2) is 16.7 Å². The fraction of sp³-hybridized carbons (Fsp3) is 0.542. The van der Waals surface area contributed by atoms with Crippen LogP contribution in [0.25, 0.3) is 22.4 Å². The Labute approximate surface area is 196 Å². The van der Waals surface area contributed by atoms with E-state index in [1.165, 1.54) is 13.2 Å². The predicted molar refractivity (Wildman–Crippen MR) is 124 cm³/mol. The lowest BCUT2D eigenvalue weighted by molar-refractivity contribution is 0.0684. The third-order valence-corrected chi connectivity index (χ3v) is 6.75. The zero-order valence-corrected chi connectivity index (χ0v) is 19.6. The number of piperidine rings is 1. The first-order valence-electron chi connectivity index (χ1n) is 11.7. The Kier molecular flexibility index (Phi) is 6.35. The molecule has 1 N–H and O–H groups in total. The van der Waals surface area contributed by atoms with Crippen molar-refractivity contribution in [2.24, 2.45) is 0 Å². The van der Waals surface area contributed by atoms with Gasteiger partial charge < -0.3 is 24.2 Å². The monoisotopic (exact) mass is 473 g/mol. The van der Waals surface area contributed by atoms with Crippen molar-refractivity contribution in [3.8, 4) is 17.2 Å². The molecular formula is C24H29F2N5O3. The molecule has 34 heavy (non-hydrogen) atoms. The lowest BCUT2D eigenvalue weighted by atomic mass is 9.98. The van der Waals surface area contributed by atoms with Crippen molar-refractivity contribution in [1.29, 1.82) is 0 Å². The zero-order valence-electron chi connectivity index (χ0n) is 19.6. The van der Waals surface area contributed by atoms with Crippen molar-refractivity contribution in [3.63, 3.8) is 0 Å². The number of pyridine rings is 1. The van der Waals surface area contributed by atoms with E-state index >= 15 is 4.39 Å². The number of nitrogens with one attached hydrogen (secondary N) is 1. The quantitative estimate of drug-likeness (QED) is 0.600. The lowest BCUT2D eigenvalue weighted by Gasteiger charge is -2.39. The van der Waals surface area contributed by atoms with E-state index in [2.05, 4.69) is 20.4 Å². The molecule has 0 saturated carbocycles. The highest BCUT2D eigenvalue weighted by Gasteiger charge is 2.34. The number of hydrogen-bond acceptors (Lipinski definition) is 8. The molecule has 0 amide bonds. The molecule has 0 spiro atoms. The van der Waals surface area contributed by atoms with E-state index < -0.39 is 12.0 Å². The van der Waals surface area contributed by atoms with Crippen molar-refractivity contribution in [1.82, 2.24) is 20.4 Å². The average molecular weight is 474 g/mol. The van der Waals surface area contributed by atoms with Gasteiger partial charge in [-0.15, -0.1) is 0 Å². The summed E-state index contributed by atoms with van der Waals surface area (Å²) in [7, 11) is 1.49. The third-order valence-electron chi connectivity index (χ3n) is 6.75. The summed E-state index contributed by atoms with van der Waals surface area (Å²) in [6.45, 7) is 5.69. The van der Waals surface area contributed by atoms with E-state index in [-0.39, 0.29) is 30.0 Å². The van der Waals surface area contributed by atoms with Gasteiger partial charge in [0.25, 0.3) is 5.89 Å². The Bertz CT molecular complexity index is 1180. The van der Waals surface area contributed by atoms with Crippen LogP contribution in [-0.2, 0) is 4.74 Å². The molecule has 4 heterocycles. The number of anilines is 1. The number of aromatic nitrogens is 3. The molecule has 2 aliphatic heterocycles. The topological polar surface area (TPSA) is 85.5 Å². The molecule has 1 aromatic carbocycles. The summed E-state index contributed by atoms with van der Waals surface area (Å²) >= 11 is 0. The molecule has 2 unspecified atom stereocenters. The number of rotatable bonds is 5. The molecule has 2 aliphatic rings. The molecule has 2 aromatic heterocycles. The minimum atomic E-state index is -1.10. The molecule has 8 nitrogen and oxygen atoms in total. The number of hydrogen-bond donors (Lipinski definition) is 1. The number of ether oxygens (including phenoxy) is 2. The average Bonchev–Trinajstić information content (AvgIpc) is 3.27. The number of fused-ring (bicyclic) bond motifs is 1. The number of halogens is 2. The minimum absolute atomic E-state index is 0.136. The van der Waals surface area contributed by atoms with Gasteiger partial charge >= 0.3 is 0 Å². The van der Waals surface area contributed by atoms with E-state index in [4.69, 9.17) is 14.0 Å². The molecule has 0 bridgehead atoms. The molecular weight excluding hydrogens is 444 g/mol. The first kappa shape index (κ1) is 22.9. The van der Waals surface area contributed by atoms with E-state index in [0.717, 1.165) is 18.4 Å². The SMILES string of the molecule is COc1cc(F)c2nc(N3CCC(NC4CCOCC4)C(F)C3)c(-c3nc(C)no3)c(C)c2c1. The van der Waals surface area contributed by atoms with Crippen LogP contribution in [0.3, 0.4) is 0 Å². The fourth-order valence-corrected chi connectivity index (χ4v) is 4.89. The largest absolute Gasteiger partial charge is 0.497 e. The summed E-state index contributed by atoms with van der Waals surface area (Å²) in [5.41, 5.74) is 1.51. The van der Waals surface area contributed by atoms with Gasteiger partial charge in [-0.25, -0.2) is 13.8 Å². The highest BCUT2D eigenvalue weighted by atomic mass is 19.1. The predicted octanol–water partition coefficient (Wildman–Crippen LogP) is 3.73. The highest BCUT2D eigenvalue weighted by molar-refractivity contribution is 5.93. The lowest BCUT2D eigenvalue weighted by Crippen LogP contribution is -2.54. The van der Waals surface area contributed by atoms with Gasteiger partial charge in [-0.1, -0.05) is 5.16 Å². The second-order valence-electron chi connectivity index (χ2n) is 9.00. The summed E-state index contributed by atoms with van der Waals surface area (Å²) in [4.78, 5) is 10.9. The van der Waals surface area contributed by atoms with Crippen molar-refractivity contribution in [2.45, 2.75) is 51.4 Å². The van der Waals surface area contributed by atoms with E-state index in [0.29, 0.717) is 54.5 Å². The minimum Gasteiger partial charge on any atom is -0.497 e. The van der Waals surface area contributed by atoms with Crippen LogP contribution in [-0.4, -0.2) is 66.8 Å². The number of nitrogens with zero attached hydrogens (tertiary/aromatic N) is 4. The number of alkyl halides is 1. The van der Waals surface area contributed by atoms with Gasteiger partial charge in [0, 0.05) is 43.3 Å². The first-order valence-corrected chi connectivity index (χ1v) is 11.7. The molecule has 0 aliphatic carbocycles. The summed E-state index contributed by atoms with van der Waals surface area (Å²) < 4.78 is 46.5. The van der Waals surface area contributed by atoms with Crippen LogP contribution < -0.4 is 15.0 Å². The molecule has 10 heteroatoms. The first-order chi connectivity index (χ1) is 16.4. The van der Waals surface area contributed by atoms with Crippen LogP contribution in [0, 0.1) is 19.7 Å².